The number of carbonyl (C=O) groups excluding carboxylic acids is 3. The summed E-state index contributed by atoms with van der Waals surface area (Å²) in [6.45, 7) is 9.59. The molecule has 2 fully saturated rings. The first-order valence-electron chi connectivity index (χ1n) is 11.7. The van der Waals surface area contributed by atoms with Crippen LogP contribution in [-0.4, -0.2) is 85.2 Å². The number of rotatable bonds is 10. The normalized spacial score (nSPS) is 21.8. The van der Waals surface area contributed by atoms with E-state index in [0.717, 1.165) is 19.6 Å². The lowest BCUT2D eigenvalue weighted by atomic mass is 10.0. The molecule has 1 N–H and O–H groups in total. The van der Waals surface area contributed by atoms with Crippen LogP contribution in [0.5, 0.6) is 0 Å². The van der Waals surface area contributed by atoms with Gasteiger partial charge in [-0.3, -0.25) is 14.5 Å². The summed E-state index contributed by atoms with van der Waals surface area (Å²) in [5.74, 6) is -0.826. The van der Waals surface area contributed by atoms with E-state index in [9.17, 15) is 14.4 Å². The van der Waals surface area contributed by atoms with E-state index < -0.39 is 30.1 Å². The van der Waals surface area contributed by atoms with Crippen LogP contribution in [0.25, 0.3) is 6.08 Å². The Morgan fingerprint density at radius 3 is 2.45 bits per heavy atom. The third-order valence-electron chi connectivity index (χ3n) is 5.75. The highest BCUT2D eigenvalue weighted by molar-refractivity contribution is 5.95. The van der Waals surface area contributed by atoms with Crippen LogP contribution in [0.15, 0.2) is 36.4 Å². The molecule has 0 radical (unpaired) electrons. The summed E-state index contributed by atoms with van der Waals surface area (Å²) in [4.78, 5) is 41.6. The molecule has 33 heavy (non-hydrogen) atoms. The molecule has 3 atom stereocenters. The number of nitrogens with one attached hydrogen (secondary N) is 1. The van der Waals surface area contributed by atoms with Crippen LogP contribution < -0.4 is 5.32 Å². The van der Waals surface area contributed by atoms with Crippen LogP contribution in [-0.2, 0) is 23.9 Å². The molecule has 0 bridgehead atoms. The summed E-state index contributed by atoms with van der Waals surface area (Å²) in [6.07, 6.45) is 3.04. The van der Waals surface area contributed by atoms with Crippen molar-refractivity contribution >= 4 is 23.9 Å². The number of piperazine rings is 1. The van der Waals surface area contributed by atoms with Gasteiger partial charge in [0.15, 0.2) is 12.2 Å². The number of epoxide rings is 1. The fraction of sp³-hybridized carbons (Fsp3) is 0.560. The maximum atomic E-state index is 13.2. The van der Waals surface area contributed by atoms with E-state index in [1.807, 2.05) is 36.9 Å². The van der Waals surface area contributed by atoms with Crippen LogP contribution in [0.2, 0.25) is 0 Å². The highest BCUT2D eigenvalue weighted by Gasteiger charge is 2.52. The van der Waals surface area contributed by atoms with Crippen LogP contribution in [0.4, 0.5) is 0 Å². The first-order valence-corrected chi connectivity index (χ1v) is 11.7. The minimum absolute atomic E-state index is 0.0788. The Bertz CT molecular complexity index is 834. The molecule has 1 aromatic rings. The number of carbonyl (C=O) groups is 3. The molecule has 8 nitrogen and oxygen atoms in total. The van der Waals surface area contributed by atoms with E-state index in [1.54, 1.807) is 6.92 Å². The summed E-state index contributed by atoms with van der Waals surface area (Å²) < 4.78 is 10.1. The van der Waals surface area contributed by atoms with Crippen molar-refractivity contribution in [1.82, 2.24) is 15.1 Å². The number of hydrogen-bond acceptors (Lipinski definition) is 6. The Kier molecular flexibility index (Phi) is 9.03. The summed E-state index contributed by atoms with van der Waals surface area (Å²) in [6, 6.07) is 9.54. The van der Waals surface area contributed by atoms with Gasteiger partial charge in [-0.25, -0.2) is 4.79 Å². The minimum Gasteiger partial charge on any atom is -0.464 e. The van der Waals surface area contributed by atoms with Crippen LogP contribution in [0.1, 0.15) is 32.8 Å². The Morgan fingerprint density at radius 2 is 1.82 bits per heavy atom. The maximum absolute atomic E-state index is 13.2. The van der Waals surface area contributed by atoms with E-state index in [1.165, 1.54) is 5.56 Å². The Balaban J connectivity index is 1.48. The molecule has 2 saturated heterocycles. The largest absolute Gasteiger partial charge is 0.464 e. The Morgan fingerprint density at radius 1 is 1.12 bits per heavy atom. The van der Waals surface area contributed by atoms with Crippen molar-refractivity contribution in [2.45, 2.75) is 45.4 Å². The standard InChI is InChI=1S/C25H35N3O5/c1-4-32-25(31)22-21(33-22)23(29)26-20(17-18(2)3)24(30)28-15-13-27(14-16-28)12-8-11-19-9-6-5-7-10-19/h5-11,18,20-22H,4,12-17H2,1-3H3,(H,26,29)/b11-8+/t20-,21-,22-/m0/s1. The first kappa shape index (κ1) is 24.9. The second kappa shape index (κ2) is 12.0. The van der Waals surface area contributed by atoms with Gasteiger partial charge in [0.1, 0.15) is 6.04 Å². The first-order chi connectivity index (χ1) is 15.9. The van der Waals surface area contributed by atoms with Gasteiger partial charge in [0.05, 0.1) is 6.61 Å². The molecule has 180 valence electrons. The Labute approximate surface area is 195 Å². The molecule has 0 unspecified atom stereocenters. The van der Waals surface area contributed by atoms with E-state index in [0.29, 0.717) is 19.5 Å². The average molecular weight is 458 g/mol. The second-order valence-electron chi connectivity index (χ2n) is 8.86. The topological polar surface area (TPSA) is 91.5 Å². The van der Waals surface area contributed by atoms with Gasteiger partial charge in [0.25, 0.3) is 5.91 Å². The molecular weight excluding hydrogens is 422 g/mol. The van der Waals surface area contributed by atoms with E-state index in [2.05, 4.69) is 34.5 Å². The van der Waals surface area contributed by atoms with Crippen molar-refractivity contribution in [1.29, 1.82) is 0 Å². The van der Waals surface area contributed by atoms with Gasteiger partial charge < -0.3 is 19.7 Å². The molecule has 0 spiro atoms. The van der Waals surface area contributed by atoms with E-state index >= 15 is 0 Å². The van der Waals surface area contributed by atoms with Crippen LogP contribution >= 0.6 is 0 Å². The average Bonchev–Trinajstić information content (AvgIpc) is 3.61. The summed E-state index contributed by atoms with van der Waals surface area (Å²) in [5.41, 5.74) is 1.17. The molecule has 0 aliphatic carbocycles. The van der Waals surface area contributed by atoms with E-state index in [4.69, 9.17) is 9.47 Å². The number of ether oxygens (including phenoxy) is 2. The molecule has 1 aromatic carbocycles. The lowest BCUT2D eigenvalue weighted by Gasteiger charge is -2.36. The highest BCUT2D eigenvalue weighted by Crippen LogP contribution is 2.24. The smallest absolute Gasteiger partial charge is 0.338 e. The third-order valence-corrected chi connectivity index (χ3v) is 5.75. The zero-order chi connectivity index (χ0) is 23.8. The SMILES string of the molecule is CCOC(=O)[C@H]1O[C@@H]1C(=O)N[C@@H](CC(C)C)C(=O)N1CCN(C/C=C/c2ccccc2)CC1. The maximum Gasteiger partial charge on any atom is 0.338 e. The zero-order valence-electron chi connectivity index (χ0n) is 19.7. The number of hydrogen-bond donors (Lipinski definition) is 1. The second-order valence-corrected chi connectivity index (χ2v) is 8.86. The number of benzene rings is 1. The van der Waals surface area contributed by atoms with Crippen molar-refractivity contribution in [2.24, 2.45) is 5.92 Å². The summed E-state index contributed by atoms with van der Waals surface area (Å²) >= 11 is 0. The van der Waals surface area contributed by atoms with E-state index in [-0.39, 0.29) is 18.4 Å². The molecule has 8 heteroatoms. The van der Waals surface area contributed by atoms with Crippen molar-refractivity contribution in [2.75, 3.05) is 39.3 Å². The van der Waals surface area contributed by atoms with Crippen LogP contribution in [0, 0.1) is 5.92 Å². The van der Waals surface area contributed by atoms with Crippen molar-refractivity contribution < 1.29 is 23.9 Å². The number of esters is 1. The van der Waals surface area contributed by atoms with Gasteiger partial charge in [-0.15, -0.1) is 0 Å². The molecule has 2 heterocycles. The quantitative estimate of drug-likeness (QED) is 0.425. The molecule has 0 saturated carbocycles. The highest BCUT2D eigenvalue weighted by atomic mass is 16.6. The summed E-state index contributed by atoms with van der Waals surface area (Å²) in [5, 5.41) is 2.81. The Hall–Kier alpha value is -2.71. The molecule has 2 aliphatic heterocycles. The van der Waals surface area contributed by atoms with Gasteiger partial charge in [-0.1, -0.05) is 56.3 Å². The van der Waals surface area contributed by atoms with Gasteiger partial charge in [-0.2, -0.15) is 0 Å². The predicted octanol–water partition coefficient (Wildman–Crippen LogP) is 1.71. The van der Waals surface area contributed by atoms with Gasteiger partial charge >= 0.3 is 5.97 Å². The lowest BCUT2D eigenvalue weighted by Crippen LogP contribution is -2.55. The molecule has 3 rings (SSSR count). The van der Waals surface area contributed by atoms with Crippen molar-refractivity contribution in [3.63, 3.8) is 0 Å². The van der Waals surface area contributed by atoms with Gasteiger partial charge in [-0.05, 0) is 24.8 Å². The summed E-state index contributed by atoms with van der Waals surface area (Å²) in [7, 11) is 0. The van der Waals surface area contributed by atoms with Crippen molar-refractivity contribution in [3.05, 3.63) is 42.0 Å². The van der Waals surface area contributed by atoms with Gasteiger partial charge in [0, 0.05) is 32.7 Å². The lowest BCUT2D eigenvalue weighted by molar-refractivity contribution is -0.144. The fourth-order valence-electron chi connectivity index (χ4n) is 3.94. The molecule has 2 amide bonds. The number of amides is 2. The predicted molar refractivity (Wildman–Crippen MR) is 125 cm³/mol. The third kappa shape index (κ3) is 7.40. The minimum atomic E-state index is -0.875. The fourth-order valence-corrected chi connectivity index (χ4v) is 3.94. The van der Waals surface area contributed by atoms with Crippen molar-refractivity contribution in [3.8, 4) is 0 Å². The zero-order valence-corrected chi connectivity index (χ0v) is 19.7. The molecule has 2 aliphatic rings. The molecule has 0 aromatic heterocycles. The van der Waals surface area contributed by atoms with Crippen LogP contribution in [0.3, 0.4) is 0 Å². The monoisotopic (exact) mass is 457 g/mol. The number of nitrogens with zero attached hydrogens (tertiary/aromatic N) is 2. The molecular formula is C25H35N3O5. The van der Waals surface area contributed by atoms with Gasteiger partial charge in [0.2, 0.25) is 5.91 Å².